The molecule has 0 saturated heterocycles. The second-order valence-electron chi connectivity index (χ2n) is 4.97. The number of aromatic nitrogens is 4. The second-order valence-corrected chi connectivity index (χ2v) is 6.71. The van der Waals surface area contributed by atoms with Gasteiger partial charge in [0.25, 0.3) is 0 Å². The van der Waals surface area contributed by atoms with E-state index in [2.05, 4.69) is 20.8 Å². The van der Waals surface area contributed by atoms with E-state index in [1.54, 1.807) is 35.9 Å². The standard InChI is InChI=1S/C16H14ClN5OS/c1-11(15(23)18-13-9-7-12(17)8-10-13)24-16-19-20-21-22(16)14-5-3-2-4-6-14/h2-11H,1H3,(H,18,23)/t11-/m1/s1. The molecule has 0 spiro atoms. The van der Waals surface area contributed by atoms with Crippen molar-refractivity contribution in [3.05, 3.63) is 59.6 Å². The minimum absolute atomic E-state index is 0.134. The summed E-state index contributed by atoms with van der Waals surface area (Å²) in [5.41, 5.74) is 1.54. The van der Waals surface area contributed by atoms with Gasteiger partial charge in [0.2, 0.25) is 11.1 Å². The van der Waals surface area contributed by atoms with Gasteiger partial charge < -0.3 is 5.32 Å². The molecule has 24 heavy (non-hydrogen) atoms. The zero-order chi connectivity index (χ0) is 16.9. The molecule has 2 aromatic carbocycles. The lowest BCUT2D eigenvalue weighted by atomic mass is 10.3. The van der Waals surface area contributed by atoms with Crippen LogP contribution in [-0.2, 0) is 4.79 Å². The summed E-state index contributed by atoms with van der Waals surface area (Å²) in [7, 11) is 0. The van der Waals surface area contributed by atoms with Crippen LogP contribution in [0.4, 0.5) is 5.69 Å². The predicted molar refractivity (Wildman–Crippen MR) is 94.6 cm³/mol. The summed E-state index contributed by atoms with van der Waals surface area (Å²) >= 11 is 7.13. The molecule has 1 aromatic heterocycles. The summed E-state index contributed by atoms with van der Waals surface area (Å²) in [4.78, 5) is 12.3. The topological polar surface area (TPSA) is 72.7 Å². The molecule has 8 heteroatoms. The highest BCUT2D eigenvalue weighted by molar-refractivity contribution is 8.00. The number of thioether (sulfide) groups is 1. The largest absolute Gasteiger partial charge is 0.325 e. The van der Waals surface area contributed by atoms with Crippen molar-refractivity contribution in [3.8, 4) is 5.69 Å². The fourth-order valence-corrected chi connectivity index (χ4v) is 2.91. The zero-order valence-corrected chi connectivity index (χ0v) is 14.3. The minimum atomic E-state index is -0.367. The molecule has 6 nitrogen and oxygen atoms in total. The van der Waals surface area contributed by atoms with Gasteiger partial charge in [-0.05, 0) is 53.7 Å². The maximum atomic E-state index is 12.3. The number of anilines is 1. The van der Waals surface area contributed by atoms with Gasteiger partial charge in [0, 0.05) is 10.7 Å². The number of hydrogen-bond acceptors (Lipinski definition) is 5. The maximum absolute atomic E-state index is 12.3. The van der Waals surface area contributed by atoms with Gasteiger partial charge in [-0.25, -0.2) is 0 Å². The lowest BCUT2D eigenvalue weighted by Gasteiger charge is -2.11. The zero-order valence-electron chi connectivity index (χ0n) is 12.8. The predicted octanol–water partition coefficient (Wildman–Crippen LogP) is 3.44. The highest BCUT2D eigenvalue weighted by atomic mass is 35.5. The molecule has 0 unspecified atom stereocenters. The van der Waals surface area contributed by atoms with E-state index in [-0.39, 0.29) is 11.2 Å². The molecule has 122 valence electrons. The van der Waals surface area contributed by atoms with Crippen LogP contribution in [0.25, 0.3) is 5.69 Å². The first-order valence-electron chi connectivity index (χ1n) is 7.20. The Balaban J connectivity index is 1.69. The summed E-state index contributed by atoms with van der Waals surface area (Å²) in [6.45, 7) is 1.81. The Kier molecular flexibility index (Phi) is 5.12. The third-order valence-corrected chi connectivity index (χ3v) is 4.49. The minimum Gasteiger partial charge on any atom is -0.325 e. The van der Waals surface area contributed by atoms with Crippen LogP contribution in [0.1, 0.15) is 6.92 Å². The van der Waals surface area contributed by atoms with Crippen molar-refractivity contribution in [2.75, 3.05) is 5.32 Å². The number of nitrogens with one attached hydrogen (secondary N) is 1. The van der Waals surface area contributed by atoms with E-state index in [1.165, 1.54) is 11.8 Å². The van der Waals surface area contributed by atoms with E-state index in [4.69, 9.17) is 11.6 Å². The summed E-state index contributed by atoms with van der Waals surface area (Å²) < 4.78 is 1.61. The average Bonchev–Trinajstić information content (AvgIpc) is 3.05. The van der Waals surface area contributed by atoms with Crippen molar-refractivity contribution in [3.63, 3.8) is 0 Å². The molecule has 1 atom stereocenters. The Morgan fingerprint density at radius 1 is 1.17 bits per heavy atom. The van der Waals surface area contributed by atoms with Gasteiger partial charge in [-0.2, -0.15) is 4.68 Å². The summed E-state index contributed by atoms with van der Waals surface area (Å²) in [5.74, 6) is -0.134. The van der Waals surface area contributed by atoms with Crippen LogP contribution in [0.15, 0.2) is 59.8 Å². The van der Waals surface area contributed by atoms with Gasteiger partial charge in [-0.1, -0.05) is 41.6 Å². The van der Waals surface area contributed by atoms with Crippen LogP contribution in [0.5, 0.6) is 0 Å². The number of amides is 1. The fraction of sp³-hybridized carbons (Fsp3) is 0.125. The molecular weight excluding hydrogens is 346 g/mol. The number of halogens is 1. The number of nitrogens with zero attached hydrogens (tertiary/aromatic N) is 4. The van der Waals surface area contributed by atoms with Gasteiger partial charge in [0.15, 0.2) is 0 Å². The lowest BCUT2D eigenvalue weighted by molar-refractivity contribution is -0.115. The highest BCUT2D eigenvalue weighted by Gasteiger charge is 2.19. The van der Waals surface area contributed by atoms with E-state index in [0.29, 0.717) is 15.9 Å². The monoisotopic (exact) mass is 359 g/mol. The van der Waals surface area contributed by atoms with E-state index in [9.17, 15) is 4.79 Å². The van der Waals surface area contributed by atoms with E-state index < -0.39 is 0 Å². The van der Waals surface area contributed by atoms with Crippen molar-refractivity contribution in [2.45, 2.75) is 17.3 Å². The van der Waals surface area contributed by atoms with Crippen LogP contribution < -0.4 is 5.32 Å². The van der Waals surface area contributed by atoms with Gasteiger partial charge in [-0.3, -0.25) is 4.79 Å². The lowest BCUT2D eigenvalue weighted by Crippen LogP contribution is -2.22. The van der Waals surface area contributed by atoms with Crippen LogP contribution in [0, 0.1) is 0 Å². The SMILES string of the molecule is C[C@@H](Sc1nnnn1-c1ccccc1)C(=O)Nc1ccc(Cl)cc1. The number of benzene rings is 2. The van der Waals surface area contributed by atoms with Crippen molar-refractivity contribution < 1.29 is 4.79 Å². The Morgan fingerprint density at radius 3 is 2.58 bits per heavy atom. The molecule has 1 N–H and O–H groups in total. The summed E-state index contributed by atoms with van der Waals surface area (Å²) in [5, 5.41) is 15.3. The van der Waals surface area contributed by atoms with Crippen molar-refractivity contribution in [1.82, 2.24) is 20.2 Å². The Labute approximate surface area is 148 Å². The molecule has 0 bridgehead atoms. The van der Waals surface area contributed by atoms with E-state index in [0.717, 1.165) is 5.69 Å². The van der Waals surface area contributed by atoms with Gasteiger partial charge in [0.05, 0.1) is 10.9 Å². The van der Waals surface area contributed by atoms with Crippen molar-refractivity contribution >= 4 is 35.0 Å². The molecule has 1 heterocycles. The quantitative estimate of drug-likeness (QED) is 0.706. The van der Waals surface area contributed by atoms with Crippen LogP contribution in [0.3, 0.4) is 0 Å². The highest BCUT2D eigenvalue weighted by Crippen LogP contribution is 2.24. The number of tetrazole rings is 1. The number of hydrogen-bond donors (Lipinski definition) is 1. The smallest absolute Gasteiger partial charge is 0.237 e. The normalized spacial score (nSPS) is 11.9. The molecule has 3 rings (SSSR count). The summed E-state index contributed by atoms with van der Waals surface area (Å²) in [6, 6.07) is 16.5. The van der Waals surface area contributed by atoms with Crippen LogP contribution in [0.2, 0.25) is 5.02 Å². The number of carbonyl (C=O) groups is 1. The third kappa shape index (κ3) is 3.93. The third-order valence-electron chi connectivity index (χ3n) is 3.20. The van der Waals surface area contributed by atoms with Gasteiger partial charge >= 0.3 is 0 Å². The Morgan fingerprint density at radius 2 is 1.88 bits per heavy atom. The van der Waals surface area contributed by atoms with Gasteiger partial charge in [0.1, 0.15) is 0 Å². The van der Waals surface area contributed by atoms with Crippen molar-refractivity contribution in [2.24, 2.45) is 0 Å². The Hall–Kier alpha value is -2.38. The first kappa shape index (κ1) is 16.5. The molecule has 0 aliphatic carbocycles. The molecule has 0 radical (unpaired) electrons. The Bertz CT molecular complexity index is 822. The van der Waals surface area contributed by atoms with Gasteiger partial charge in [-0.15, -0.1) is 5.10 Å². The average molecular weight is 360 g/mol. The molecule has 0 saturated carbocycles. The number of para-hydroxylation sites is 1. The number of rotatable bonds is 5. The molecule has 0 fully saturated rings. The number of carbonyl (C=O) groups excluding carboxylic acids is 1. The second kappa shape index (κ2) is 7.46. The first-order valence-corrected chi connectivity index (χ1v) is 8.46. The molecule has 0 aliphatic heterocycles. The van der Waals surface area contributed by atoms with Crippen LogP contribution in [-0.4, -0.2) is 31.4 Å². The van der Waals surface area contributed by atoms with E-state index >= 15 is 0 Å². The van der Waals surface area contributed by atoms with E-state index in [1.807, 2.05) is 30.3 Å². The summed E-state index contributed by atoms with van der Waals surface area (Å²) in [6.07, 6.45) is 0. The van der Waals surface area contributed by atoms with Crippen molar-refractivity contribution in [1.29, 1.82) is 0 Å². The molecule has 3 aromatic rings. The molecule has 0 aliphatic rings. The first-order chi connectivity index (χ1) is 11.6. The molecule has 1 amide bonds. The fourth-order valence-electron chi connectivity index (χ4n) is 1.97. The van der Waals surface area contributed by atoms with Crippen LogP contribution >= 0.6 is 23.4 Å². The molecular formula is C16H14ClN5OS. The maximum Gasteiger partial charge on any atom is 0.237 e.